The van der Waals surface area contributed by atoms with Crippen molar-refractivity contribution in [2.75, 3.05) is 31.6 Å². The molecule has 0 unspecified atom stereocenters. The second-order valence-electron chi connectivity index (χ2n) is 8.89. The summed E-state index contributed by atoms with van der Waals surface area (Å²) in [4.78, 5) is 29.1. The highest BCUT2D eigenvalue weighted by Crippen LogP contribution is 2.31. The highest BCUT2D eigenvalue weighted by atomic mass is 19.1. The van der Waals surface area contributed by atoms with Crippen molar-refractivity contribution in [3.63, 3.8) is 0 Å². The van der Waals surface area contributed by atoms with Crippen LogP contribution >= 0.6 is 0 Å². The molecule has 1 fully saturated rings. The molecule has 1 saturated heterocycles. The summed E-state index contributed by atoms with van der Waals surface area (Å²) in [7, 11) is 0. The van der Waals surface area contributed by atoms with E-state index in [0.29, 0.717) is 53.2 Å². The van der Waals surface area contributed by atoms with Crippen LogP contribution < -0.4 is 16.4 Å². The number of carbonyl (C=O) groups is 1. The Morgan fingerprint density at radius 3 is 2.38 bits per heavy atom. The van der Waals surface area contributed by atoms with E-state index in [0.717, 1.165) is 0 Å². The molecule has 0 bridgehead atoms. The normalized spacial score (nSPS) is 17.1. The first-order valence-electron chi connectivity index (χ1n) is 12.4. The van der Waals surface area contributed by atoms with Gasteiger partial charge in [-0.1, -0.05) is 0 Å². The van der Waals surface area contributed by atoms with Crippen LogP contribution in [0.1, 0.15) is 5.82 Å². The van der Waals surface area contributed by atoms with Gasteiger partial charge < -0.3 is 30.8 Å². The summed E-state index contributed by atoms with van der Waals surface area (Å²) in [5.41, 5.74) is 8.44. The molecule has 3 heterocycles. The first-order chi connectivity index (χ1) is 19.0. The highest BCUT2D eigenvalue weighted by Gasteiger charge is 2.28. The maximum atomic E-state index is 13.6. The topological polar surface area (TPSA) is 140 Å². The van der Waals surface area contributed by atoms with Crippen LogP contribution in [0.25, 0.3) is 22.6 Å². The Kier molecular flexibility index (Phi) is 8.16. The minimum atomic E-state index is -0.607. The van der Waals surface area contributed by atoms with Crippen LogP contribution in [0, 0.1) is 17.6 Å². The van der Waals surface area contributed by atoms with Crippen molar-refractivity contribution in [2.24, 2.45) is 11.7 Å². The first kappa shape index (κ1) is 26.4. The van der Waals surface area contributed by atoms with Crippen LogP contribution in [0.5, 0.6) is 0 Å². The maximum Gasteiger partial charge on any atom is 0.227 e. The lowest BCUT2D eigenvalue weighted by Gasteiger charge is -2.28. The van der Waals surface area contributed by atoms with Crippen LogP contribution in [0.4, 0.5) is 20.4 Å². The Bertz CT molecular complexity index is 1410. The van der Waals surface area contributed by atoms with Gasteiger partial charge in [-0.15, -0.1) is 0 Å². The molecule has 0 saturated carbocycles. The zero-order chi connectivity index (χ0) is 27.2. The number of aromatic nitrogens is 4. The number of imidazole rings is 1. The number of amides is 1. The van der Waals surface area contributed by atoms with Crippen LogP contribution in [-0.4, -0.2) is 58.4 Å². The van der Waals surface area contributed by atoms with Gasteiger partial charge in [-0.3, -0.25) is 4.79 Å². The van der Waals surface area contributed by atoms with Gasteiger partial charge in [-0.2, -0.15) is 0 Å². The Morgan fingerprint density at radius 2 is 1.69 bits per heavy atom. The van der Waals surface area contributed by atoms with Crippen molar-refractivity contribution >= 4 is 17.5 Å². The van der Waals surface area contributed by atoms with E-state index < -0.39 is 12.2 Å². The van der Waals surface area contributed by atoms with E-state index in [4.69, 9.17) is 20.2 Å². The number of hydrogen-bond donors (Lipinski definition) is 4. The number of aromatic amines is 1. The summed E-state index contributed by atoms with van der Waals surface area (Å²) < 4.78 is 38.5. The number of halogens is 2. The quantitative estimate of drug-likeness (QED) is 0.256. The first-order valence-corrected chi connectivity index (χ1v) is 12.4. The Morgan fingerprint density at radius 1 is 1.00 bits per heavy atom. The van der Waals surface area contributed by atoms with E-state index in [1.165, 1.54) is 24.3 Å². The molecule has 10 nitrogen and oxygen atoms in total. The number of nitrogens with one attached hydrogen (secondary N) is 3. The van der Waals surface area contributed by atoms with E-state index >= 15 is 0 Å². The van der Waals surface area contributed by atoms with Gasteiger partial charge in [0.15, 0.2) is 6.29 Å². The molecule has 39 heavy (non-hydrogen) atoms. The molecular weight excluding hydrogens is 508 g/mol. The number of ether oxygens (including phenoxy) is 2. The van der Waals surface area contributed by atoms with Gasteiger partial charge in [0.25, 0.3) is 0 Å². The third-order valence-electron chi connectivity index (χ3n) is 6.02. The summed E-state index contributed by atoms with van der Waals surface area (Å²) in [6.07, 6.45) is 1.27. The largest absolute Gasteiger partial charge is 0.354 e. The predicted octanol–water partition coefficient (Wildman–Crippen LogP) is 3.16. The summed E-state index contributed by atoms with van der Waals surface area (Å²) in [6, 6.07) is 13.6. The van der Waals surface area contributed by atoms with Crippen molar-refractivity contribution in [1.82, 2.24) is 25.3 Å². The third-order valence-corrected chi connectivity index (χ3v) is 6.02. The van der Waals surface area contributed by atoms with Crippen LogP contribution in [0.2, 0.25) is 0 Å². The van der Waals surface area contributed by atoms with Crippen molar-refractivity contribution < 1.29 is 23.0 Å². The lowest BCUT2D eigenvalue weighted by molar-refractivity contribution is -0.200. The van der Waals surface area contributed by atoms with E-state index in [2.05, 4.69) is 25.6 Å². The fourth-order valence-electron chi connectivity index (χ4n) is 4.05. The number of hydrogen-bond acceptors (Lipinski definition) is 8. The van der Waals surface area contributed by atoms with Crippen LogP contribution in [0.15, 0.2) is 60.8 Å². The molecule has 2 aromatic carbocycles. The molecule has 12 heteroatoms. The lowest BCUT2D eigenvalue weighted by atomic mass is 10.1. The average Bonchev–Trinajstić information content (AvgIpc) is 3.37. The van der Waals surface area contributed by atoms with Crippen molar-refractivity contribution in [3.8, 4) is 22.6 Å². The Labute approximate surface area is 223 Å². The fourth-order valence-corrected chi connectivity index (χ4v) is 4.05. The molecule has 1 aliphatic rings. The molecule has 0 spiro atoms. The van der Waals surface area contributed by atoms with Crippen molar-refractivity contribution in [1.29, 1.82) is 0 Å². The summed E-state index contributed by atoms with van der Waals surface area (Å²) in [5.74, 6) is -0.419. The minimum Gasteiger partial charge on any atom is -0.354 e. The molecule has 0 atom stereocenters. The van der Waals surface area contributed by atoms with E-state index in [-0.39, 0.29) is 37.2 Å². The summed E-state index contributed by atoms with van der Waals surface area (Å²) >= 11 is 0. The summed E-state index contributed by atoms with van der Waals surface area (Å²) in [5, 5.41) is 5.79. The van der Waals surface area contributed by atoms with Crippen LogP contribution in [-0.2, 0) is 20.7 Å². The number of anilines is 2. The molecule has 0 radical (unpaired) electrons. The molecule has 2 aromatic heterocycles. The average molecular weight is 536 g/mol. The number of rotatable bonds is 9. The van der Waals surface area contributed by atoms with Crippen LogP contribution in [0.3, 0.4) is 0 Å². The van der Waals surface area contributed by atoms with E-state index in [9.17, 15) is 13.6 Å². The number of benzene rings is 2. The molecule has 1 aliphatic heterocycles. The molecule has 4 aromatic rings. The van der Waals surface area contributed by atoms with Gasteiger partial charge >= 0.3 is 0 Å². The molecule has 0 aliphatic carbocycles. The van der Waals surface area contributed by atoms with Gasteiger partial charge in [0.05, 0.1) is 42.6 Å². The van der Waals surface area contributed by atoms with Gasteiger partial charge in [0, 0.05) is 30.5 Å². The fraction of sp³-hybridized carbons (Fsp3) is 0.259. The van der Waals surface area contributed by atoms with Crippen molar-refractivity contribution in [2.45, 2.75) is 12.7 Å². The Balaban J connectivity index is 1.37. The van der Waals surface area contributed by atoms with Gasteiger partial charge in [-0.25, -0.2) is 23.7 Å². The zero-order valence-corrected chi connectivity index (χ0v) is 20.9. The highest BCUT2D eigenvalue weighted by molar-refractivity contribution is 5.79. The van der Waals surface area contributed by atoms with Gasteiger partial charge in [-0.05, 0) is 54.6 Å². The zero-order valence-electron chi connectivity index (χ0n) is 20.9. The molecular formula is C27H27F2N7O3. The molecule has 5 N–H and O–H groups in total. The SMILES string of the molecule is NCCNC(=O)C1COC(Cc2nc(-c3ccc(F)cc3)c(-c3ccnc(Nc4ccc(F)cc4)n3)[nH]2)OC1. The van der Waals surface area contributed by atoms with Gasteiger partial charge in [0.2, 0.25) is 11.9 Å². The number of carbonyl (C=O) groups excluding carboxylic acids is 1. The monoisotopic (exact) mass is 535 g/mol. The third kappa shape index (κ3) is 6.60. The Hall–Kier alpha value is -4.26. The molecule has 5 rings (SSSR count). The second-order valence-corrected chi connectivity index (χ2v) is 8.89. The van der Waals surface area contributed by atoms with E-state index in [1.54, 1.807) is 36.5 Å². The smallest absolute Gasteiger partial charge is 0.227 e. The maximum absolute atomic E-state index is 13.6. The molecule has 202 valence electrons. The van der Waals surface area contributed by atoms with E-state index in [1.807, 2.05) is 0 Å². The van der Waals surface area contributed by atoms with Gasteiger partial charge in [0.1, 0.15) is 17.5 Å². The second kappa shape index (κ2) is 12.1. The lowest BCUT2D eigenvalue weighted by Crippen LogP contribution is -2.43. The molecule has 1 amide bonds. The predicted molar refractivity (Wildman–Crippen MR) is 140 cm³/mol. The minimum absolute atomic E-state index is 0.161. The number of nitrogens with two attached hydrogens (primary N) is 1. The standard InChI is InChI=1S/C27H27F2N7O3/c28-18-3-1-16(2-4-18)24-25(21-9-11-32-27(34-21)33-20-7-5-19(29)6-8-20)36-22(35-24)13-23-38-14-17(15-39-23)26(37)31-12-10-30/h1-9,11,17,23H,10,12-15,30H2,(H,31,37)(H,35,36)(H,32,33,34). The number of nitrogens with zero attached hydrogens (tertiary/aromatic N) is 3. The van der Waals surface area contributed by atoms with Crippen molar-refractivity contribution in [3.05, 3.63) is 78.3 Å². The summed E-state index contributed by atoms with van der Waals surface area (Å²) in [6.45, 7) is 1.17. The number of H-pyrrole nitrogens is 1.